The van der Waals surface area contributed by atoms with E-state index in [-0.39, 0.29) is 36.1 Å². The van der Waals surface area contributed by atoms with Crippen LogP contribution in [0.2, 0.25) is 0 Å². The molecule has 0 bridgehead atoms. The van der Waals surface area contributed by atoms with Crippen molar-refractivity contribution in [3.63, 3.8) is 0 Å². The van der Waals surface area contributed by atoms with E-state index in [1.54, 1.807) is 6.92 Å². The van der Waals surface area contributed by atoms with E-state index in [1.807, 2.05) is 6.92 Å². The van der Waals surface area contributed by atoms with Crippen LogP contribution >= 0.6 is 0 Å². The second kappa shape index (κ2) is 6.71. The molecule has 1 aliphatic carbocycles. The van der Waals surface area contributed by atoms with Crippen molar-refractivity contribution in [1.29, 1.82) is 0 Å². The fourth-order valence-corrected chi connectivity index (χ4v) is 3.65. The Morgan fingerprint density at radius 1 is 1.35 bits per heavy atom. The molecule has 0 radical (unpaired) electrons. The highest BCUT2D eigenvalue weighted by Crippen LogP contribution is 2.24. The maximum absolute atomic E-state index is 11.5. The van der Waals surface area contributed by atoms with Crippen molar-refractivity contribution in [3.8, 4) is 0 Å². The molecule has 0 heterocycles. The average Bonchev–Trinajstić information content (AvgIpc) is 2.29. The van der Waals surface area contributed by atoms with Gasteiger partial charge in [-0.05, 0) is 25.7 Å². The minimum atomic E-state index is -2.92. The lowest BCUT2D eigenvalue weighted by Gasteiger charge is -2.33. The van der Waals surface area contributed by atoms with E-state index in [9.17, 15) is 13.5 Å². The molecule has 2 N–H and O–H groups in total. The highest BCUT2D eigenvalue weighted by atomic mass is 32.2. The van der Waals surface area contributed by atoms with E-state index in [0.717, 1.165) is 12.8 Å². The van der Waals surface area contributed by atoms with Gasteiger partial charge in [-0.2, -0.15) is 0 Å². The Labute approximate surface area is 105 Å². The van der Waals surface area contributed by atoms with E-state index in [1.165, 1.54) is 12.8 Å². The van der Waals surface area contributed by atoms with Crippen molar-refractivity contribution in [2.75, 3.05) is 18.1 Å². The zero-order chi connectivity index (χ0) is 12.9. The summed E-state index contributed by atoms with van der Waals surface area (Å²) in [5.41, 5.74) is 0. The van der Waals surface area contributed by atoms with Crippen molar-refractivity contribution >= 4 is 9.84 Å². The average molecular weight is 263 g/mol. The van der Waals surface area contributed by atoms with Gasteiger partial charge in [0.25, 0.3) is 0 Å². The van der Waals surface area contributed by atoms with Crippen molar-refractivity contribution in [3.05, 3.63) is 0 Å². The summed E-state index contributed by atoms with van der Waals surface area (Å²) in [5.74, 6) is 0.682. The van der Waals surface area contributed by atoms with Crippen LogP contribution in [0.5, 0.6) is 0 Å². The molecule has 0 aromatic carbocycles. The van der Waals surface area contributed by atoms with Crippen LogP contribution in [-0.2, 0) is 9.84 Å². The van der Waals surface area contributed by atoms with Gasteiger partial charge in [0.05, 0.1) is 5.75 Å². The Morgan fingerprint density at radius 3 is 2.59 bits per heavy atom. The zero-order valence-electron chi connectivity index (χ0n) is 10.9. The first-order valence-corrected chi connectivity index (χ1v) is 8.38. The van der Waals surface area contributed by atoms with Crippen LogP contribution < -0.4 is 5.32 Å². The first-order valence-electron chi connectivity index (χ1n) is 6.56. The van der Waals surface area contributed by atoms with Crippen molar-refractivity contribution in [1.82, 2.24) is 5.32 Å². The van der Waals surface area contributed by atoms with Gasteiger partial charge in [-0.1, -0.05) is 19.8 Å². The number of sulfone groups is 1. The maximum atomic E-state index is 11.5. The molecule has 102 valence electrons. The minimum absolute atomic E-state index is 0.0305. The first-order chi connectivity index (χ1) is 7.98. The summed E-state index contributed by atoms with van der Waals surface area (Å²) in [6, 6.07) is 0.243. The number of hydrogen-bond donors (Lipinski definition) is 2. The Balaban J connectivity index is 2.46. The lowest BCUT2D eigenvalue weighted by molar-refractivity contribution is 0.149. The summed E-state index contributed by atoms with van der Waals surface area (Å²) in [6.07, 6.45) is 4.43. The monoisotopic (exact) mass is 263 g/mol. The Morgan fingerprint density at radius 2 is 2.00 bits per heavy atom. The maximum Gasteiger partial charge on any atom is 0.151 e. The minimum Gasteiger partial charge on any atom is -0.396 e. The third kappa shape index (κ3) is 4.94. The third-order valence-corrected chi connectivity index (χ3v) is 5.47. The topological polar surface area (TPSA) is 66.4 Å². The Hall–Kier alpha value is -0.130. The van der Waals surface area contributed by atoms with Gasteiger partial charge < -0.3 is 10.4 Å². The van der Waals surface area contributed by atoms with E-state index >= 15 is 0 Å². The zero-order valence-corrected chi connectivity index (χ0v) is 11.7. The largest absolute Gasteiger partial charge is 0.396 e. The quantitative estimate of drug-likeness (QED) is 0.749. The molecule has 1 aliphatic rings. The summed E-state index contributed by atoms with van der Waals surface area (Å²) in [4.78, 5) is 0. The molecular formula is C12H25NO3S. The van der Waals surface area contributed by atoms with Gasteiger partial charge in [-0.3, -0.25) is 0 Å². The molecule has 3 atom stereocenters. The molecule has 0 aromatic heterocycles. The molecule has 1 saturated carbocycles. The number of aliphatic hydroxyl groups is 1. The van der Waals surface area contributed by atoms with Crippen molar-refractivity contribution < 1.29 is 13.5 Å². The molecule has 17 heavy (non-hydrogen) atoms. The second-order valence-electron chi connectivity index (χ2n) is 5.10. The summed E-state index contributed by atoms with van der Waals surface area (Å²) in [5, 5.41) is 12.7. The molecule has 0 aliphatic heterocycles. The van der Waals surface area contributed by atoms with Crippen molar-refractivity contribution in [2.45, 2.75) is 51.6 Å². The molecule has 0 saturated heterocycles. The molecule has 0 aromatic rings. The highest BCUT2D eigenvalue weighted by Gasteiger charge is 2.26. The van der Waals surface area contributed by atoms with E-state index in [2.05, 4.69) is 5.32 Å². The van der Waals surface area contributed by atoms with Gasteiger partial charge in [0, 0.05) is 24.4 Å². The second-order valence-corrected chi connectivity index (χ2v) is 7.50. The smallest absolute Gasteiger partial charge is 0.151 e. The normalized spacial score (nSPS) is 27.9. The summed E-state index contributed by atoms with van der Waals surface area (Å²) in [6.45, 7) is 3.79. The lowest BCUT2D eigenvalue weighted by atomic mass is 9.85. The highest BCUT2D eigenvalue weighted by molar-refractivity contribution is 7.91. The molecule has 5 heteroatoms. The molecule has 4 nitrogen and oxygen atoms in total. The van der Waals surface area contributed by atoms with E-state index in [0.29, 0.717) is 0 Å². The van der Waals surface area contributed by atoms with Gasteiger partial charge in [0.2, 0.25) is 0 Å². The van der Waals surface area contributed by atoms with Crippen LogP contribution in [0.15, 0.2) is 0 Å². The summed E-state index contributed by atoms with van der Waals surface area (Å²) < 4.78 is 23.0. The first kappa shape index (κ1) is 14.9. The van der Waals surface area contributed by atoms with Gasteiger partial charge >= 0.3 is 0 Å². The van der Waals surface area contributed by atoms with Gasteiger partial charge in [-0.15, -0.1) is 0 Å². The molecule has 1 fully saturated rings. The van der Waals surface area contributed by atoms with Gasteiger partial charge in [0.15, 0.2) is 9.84 Å². The predicted octanol–water partition coefficient (Wildman–Crippen LogP) is 0.950. The third-order valence-electron chi connectivity index (χ3n) is 3.59. The number of rotatable bonds is 6. The van der Waals surface area contributed by atoms with Crippen LogP contribution in [-0.4, -0.2) is 43.7 Å². The fraction of sp³-hybridized carbons (Fsp3) is 1.00. The predicted molar refractivity (Wildman–Crippen MR) is 69.8 cm³/mol. The molecule has 0 amide bonds. The number of hydrogen-bond acceptors (Lipinski definition) is 4. The van der Waals surface area contributed by atoms with E-state index in [4.69, 9.17) is 0 Å². The Bertz CT molecular complexity index is 316. The SMILES string of the molecule is CCS(=O)(=O)CC(C)NC1CCCCC1CO. The van der Waals surface area contributed by atoms with Crippen LogP contribution in [0.3, 0.4) is 0 Å². The number of nitrogens with one attached hydrogen (secondary N) is 1. The van der Waals surface area contributed by atoms with Crippen LogP contribution in [0, 0.1) is 5.92 Å². The Kier molecular flexibility index (Phi) is 5.89. The van der Waals surface area contributed by atoms with E-state index < -0.39 is 9.84 Å². The number of aliphatic hydroxyl groups excluding tert-OH is 1. The van der Waals surface area contributed by atoms with Crippen LogP contribution in [0.25, 0.3) is 0 Å². The van der Waals surface area contributed by atoms with Gasteiger partial charge in [0.1, 0.15) is 0 Å². The lowest BCUT2D eigenvalue weighted by Crippen LogP contribution is -2.46. The van der Waals surface area contributed by atoms with Crippen LogP contribution in [0.1, 0.15) is 39.5 Å². The van der Waals surface area contributed by atoms with Gasteiger partial charge in [-0.25, -0.2) is 8.42 Å². The molecule has 1 rings (SSSR count). The fourth-order valence-electron chi connectivity index (χ4n) is 2.56. The standard InChI is InChI=1S/C12H25NO3S/c1-3-17(15,16)9-10(2)13-12-7-5-4-6-11(12)8-14/h10-14H,3-9H2,1-2H3. The summed E-state index contributed by atoms with van der Waals surface area (Å²) in [7, 11) is -2.92. The molecule has 0 spiro atoms. The molecule has 3 unspecified atom stereocenters. The summed E-state index contributed by atoms with van der Waals surface area (Å²) >= 11 is 0. The molecular weight excluding hydrogens is 238 g/mol. The van der Waals surface area contributed by atoms with Crippen molar-refractivity contribution in [2.24, 2.45) is 5.92 Å². The van der Waals surface area contributed by atoms with Crippen LogP contribution in [0.4, 0.5) is 0 Å².